The number of aryl methyl sites for hydroxylation is 1. The molecule has 4 aromatic rings. The molecule has 0 bridgehead atoms. The number of carbonyl (C=O) groups is 1. The first kappa shape index (κ1) is 28.7. The largest absolute Gasteiger partial charge is 0.493 e. The highest BCUT2D eigenvalue weighted by Gasteiger charge is 2.16. The summed E-state index contributed by atoms with van der Waals surface area (Å²) in [6, 6.07) is 15.5. The summed E-state index contributed by atoms with van der Waals surface area (Å²) < 4.78 is 19.4. The van der Waals surface area contributed by atoms with Gasteiger partial charge in [-0.15, -0.1) is 0 Å². The van der Waals surface area contributed by atoms with Gasteiger partial charge < -0.3 is 29.4 Å². The van der Waals surface area contributed by atoms with Crippen molar-refractivity contribution in [2.75, 3.05) is 18.5 Å². The van der Waals surface area contributed by atoms with E-state index in [0.717, 1.165) is 33.8 Å². The highest BCUT2D eigenvalue weighted by molar-refractivity contribution is 5.88. The highest BCUT2D eigenvalue weighted by Crippen LogP contribution is 2.31. The molecule has 2 aromatic heterocycles. The zero-order valence-corrected chi connectivity index (χ0v) is 24.4. The van der Waals surface area contributed by atoms with Crippen LogP contribution in [0.25, 0.3) is 11.0 Å². The summed E-state index contributed by atoms with van der Waals surface area (Å²) in [5, 5.41) is 6.20. The fourth-order valence-electron chi connectivity index (χ4n) is 3.92. The lowest BCUT2D eigenvalue weighted by atomic mass is 9.99. The fraction of sp³-hybridized carbons (Fsp3) is 0.387. The van der Waals surface area contributed by atoms with Crippen molar-refractivity contribution in [3.63, 3.8) is 0 Å². The van der Waals surface area contributed by atoms with E-state index in [2.05, 4.69) is 41.4 Å². The summed E-state index contributed by atoms with van der Waals surface area (Å²) in [6.45, 7) is 15.4. The van der Waals surface area contributed by atoms with Gasteiger partial charge in [0.25, 0.3) is 0 Å². The number of nitrogens with zero attached hydrogens (tertiary/aromatic N) is 3. The summed E-state index contributed by atoms with van der Waals surface area (Å²) >= 11 is 0. The van der Waals surface area contributed by atoms with Gasteiger partial charge >= 0.3 is 6.09 Å². The van der Waals surface area contributed by atoms with Crippen LogP contribution in [0.15, 0.2) is 61.1 Å². The lowest BCUT2D eigenvalue weighted by molar-refractivity contribution is 0.134. The Morgan fingerprint density at radius 1 is 0.975 bits per heavy atom. The molecule has 2 aromatic carbocycles. The third kappa shape index (κ3) is 8.11. The number of alkyl carbamates (subject to hydrolysis) is 1. The minimum Gasteiger partial charge on any atom is -0.493 e. The maximum atomic E-state index is 12.0. The Bertz CT molecular complexity index is 1470. The van der Waals surface area contributed by atoms with E-state index in [1.165, 1.54) is 6.33 Å². The standard InChI is InChI=1S/C31H39N5O4/c1-21-17-22(11-12-26(21)40-24-10-8-9-23(18-24)39-19-30(2,3)4)34-28-27-25(32-20-33-28)13-14-36(27)15-16-38-29(37)35-31(5,6)7/h8-14,17-18,20H,15-16,19H2,1-7H3,(H,35,37)(H,32,33,34). The second-order valence-electron chi connectivity index (χ2n) is 12.0. The van der Waals surface area contributed by atoms with Crippen molar-refractivity contribution in [2.24, 2.45) is 5.41 Å². The van der Waals surface area contributed by atoms with E-state index in [1.807, 2.05) is 87.0 Å². The van der Waals surface area contributed by atoms with E-state index < -0.39 is 6.09 Å². The zero-order valence-electron chi connectivity index (χ0n) is 24.4. The Balaban J connectivity index is 1.44. The number of hydrogen-bond donors (Lipinski definition) is 2. The van der Waals surface area contributed by atoms with Gasteiger partial charge in [-0.05, 0) is 75.1 Å². The molecule has 0 saturated carbocycles. The van der Waals surface area contributed by atoms with Gasteiger partial charge in [0.1, 0.15) is 35.7 Å². The van der Waals surface area contributed by atoms with Crippen molar-refractivity contribution in [1.29, 1.82) is 0 Å². The van der Waals surface area contributed by atoms with E-state index >= 15 is 0 Å². The van der Waals surface area contributed by atoms with Crippen LogP contribution in [0.5, 0.6) is 17.2 Å². The van der Waals surface area contributed by atoms with Gasteiger partial charge in [-0.3, -0.25) is 0 Å². The number of hydrogen-bond acceptors (Lipinski definition) is 7. The predicted molar refractivity (Wildman–Crippen MR) is 158 cm³/mol. The molecule has 1 amide bonds. The zero-order chi connectivity index (χ0) is 28.9. The normalized spacial score (nSPS) is 11.8. The van der Waals surface area contributed by atoms with Crippen LogP contribution in [-0.4, -0.2) is 39.4 Å². The summed E-state index contributed by atoms with van der Waals surface area (Å²) in [5.41, 5.74) is 3.16. The Morgan fingerprint density at radius 3 is 2.48 bits per heavy atom. The molecule has 0 aliphatic rings. The molecule has 0 aliphatic heterocycles. The molecule has 40 heavy (non-hydrogen) atoms. The SMILES string of the molecule is Cc1cc(Nc2ncnc3ccn(CCOC(=O)NC(C)(C)C)c23)ccc1Oc1cccc(OCC(C)(C)C)c1. The number of ether oxygens (including phenoxy) is 3. The van der Waals surface area contributed by atoms with Crippen molar-refractivity contribution in [3.05, 3.63) is 66.6 Å². The van der Waals surface area contributed by atoms with Crippen molar-refractivity contribution in [3.8, 4) is 17.2 Å². The maximum Gasteiger partial charge on any atom is 0.407 e. The highest BCUT2D eigenvalue weighted by atomic mass is 16.5. The predicted octanol–water partition coefficient (Wildman–Crippen LogP) is 7.23. The number of nitrogens with one attached hydrogen (secondary N) is 2. The molecule has 4 rings (SSSR count). The van der Waals surface area contributed by atoms with E-state index in [0.29, 0.717) is 24.7 Å². The second-order valence-corrected chi connectivity index (χ2v) is 12.0. The quantitative estimate of drug-likeness (QED) is 0.229. The first-order valence-corrected chi connectivity index (χ1v) is 13.4. The van der Waals surface area contributed by atoms with Crippen LogP contribution < -0.4 is 20.1 Å². The van der Waals surface area contributed by atoms with Gasteiger partial charge in [-0.2, -0.15) is 0 Å². The number of benzene rings is 2. The van der Waals surface area contributed by atoms with Crippen molar-refractivity contribution in [1.82, 2.24) is 19.9 Å². The van der Waals surface area contributed by atoms with Gasteiger partial charge in [0.2, 0.25) is 0 Å². The minimum absolute atomic E-state index is 0.0730. The Hall–Kier alpha value is -4.27. The maximum absolute atomic E-state index is 12.0. The average Bonchev–Trinajstić information content (AvgIpc) is 3.27. The molecule has 0 aliphatic carbocycles. The van der Waals surface area contributed by atoms with Crippen LogP contribution in [0.3, 0.4) is 0 Å². The molecule has 0 spiro atoms. The molecule has 0 unspecified atom stereocenters. The monoisotopic (exact) mass is 545 g/mol. The van der Waals surface area contributed by atoms with Crippen LogP contribution in [-0.2, 0) is 11.3 Å². The summed E-state index contributed by atoms with van der Waals surface area (Å²) in [5.74, 6) is 2.90. The van der Waals surface area contributed by atoms with Crippen LogP contribution in [0, 0.1) is 12.3 Å². The first-order chi connectivity index (χ1) is 18.9. The van der Waals surface area contributed by atoms with E-state index in [9.17, 15) is 4.79 Å². The third-order valence-electron chi connectivity index (χ3n) is 5.74. The Morgan fingerprint density at radius 2 is 1.75 bits per heavy atom. The molecule has 0 fully saturated rings. The average molecular weight is 546 g/mol. The molecule has 212 valence electrons. The van der Waals surface area contributed by atoms with Gasteiger partial charge in [-0.25, -0.2) is 14.8 Å². The molecule has 2 heterocycles. The second kappa shape index (κ2) is 11.9. The van der Waals surface area contributed by atoms with Crippen molar-refractivity contribution in [2.45, 2.75) is 60.5 Å². The van der Waals surface area contributed by atoms with Crippen molar-refractivity contribution >= 4 is 28.6 Å². The smallest absolute Gasteiger partial charge is 0.407 e. The molecule has 0 atom stereocenters. The minimum atomic E-state index is -0.444. The topological polar surface area (TPSA) is 99.5 Å². The first-order valence-electron chi connectivity index (χ1n) is 13.4. The molecule has 0 radical (unpaired) electrons. The summed E-state index contributed by atoms with van der Waals surface area (Å²) in [4.78, 5) is 20.9. The van der Waals surface area contributed by atoms with E-state index in [4.69, 9.17) is 14.2 Å². The molecular weight excluding hydrogens is 506 g/mol. The number of fused-ring (bicyclic) bond motifs is 1. The Labute approximate surface area is 235 Å². The van der Waals surface area contributed by atoms with Gasteiger partial charge in [0.05, 0.1) is 18.7 Å². The third-order valence-corrected chi connectivity index (χ3v) is 5.74. The van der Waals surface area contributed by atoms with Gasteiger partial charge in [0.15, 0.2) is 5.82 Å². The molecule has 2 N–H and O–H groups in total. The Kier molecular flexibility index (Phi) is 8.52. The number of carbonyl (C=O) groups excluding carboxylic acids is 1. The van der Waals surface area contributed by atoms with Gasteiger partial charge in [0, 0.05) is 23.5 Å². The molecule has 9 nitrogen and oxygen atoms in total. The fourth-order valence-corrected chi connectivity index (χ4v) is 3.92. The van der Waals surface area contributed by atoms with E-state index in [-0.39, 0.29) is 17.6 Å². The summed E-state index contributed by atoms with van der Waals surface area (Å²) in [6.07, 6.45) is 3.00. The molecular formula is C31H39N5O4. The lowest BCUT2D eigenvalue weighted by Gasteiger charge is -2.20. The van der Waals surface area contributed by atoms with E-state index in [1.54, 1.807) is 0 Å². The molecule has 9 heteroatoms. The van der Waals surface area contributed by atoms with Crippen molar-refractivity contribution < 1.29 is 19.0 Å². The number of anilines is 2. The lowest BCUT2D eigenvalue weighted by Crippen LogP contribution is -2.41. The summed E-state index contributed by atoms with van der Waals surface area (Å²) in [7, 11) is 0. The van der Waals surface area contributed by atoms with Gasteiger partial charge in [-0.1, -0.05) is 26.8 Å². The van der Waals surface area contributed by atoms with Crippen LogP contribution in [0.4, 0.5) is 16.3 Å². The van der Waals surface area contributed by atoms with Crippen LogP contribution >= 0.6 is 0 Å². The van der Waals surface area contributed by atoms with Crippen LogP contribution in [0.1, 0.15) is 47.1 Å². The number of amides is 1. The van der Waals surface area contributed by atoms with Crippen LogP contribution in [0.2, 0.25) is 0 Å². The molecule has 0 saturated heterocycles. The number of aromatic nitrogens is 3. The number of rotatable bonds is 9.